The van der Waals surface area contributed by atoms with Gasteiger partial charge < -0.3 is 4.74 Å². The van der Waals surface area contributed by atoms with Crippen molar-refractivity contribution in [1.29, 1.82) is 5.26 Å². The van der Waals surface area contributed by atoms with Gasteiger partial charge in [-0.3, -0.25) is 4.79 Å². The zero-order chi connectivity index (χ0) is 12.1. The van der Waals surface area contributed by atoms with E-state index in [0.29, 0.717) is 29.4 Å². The average Bonchev–Trinajstić information content (AvgIpc) is 2.35. The van der Waals surface area contributed by atoms with Gasteiger partial charge in [-0.1, -0.05) is 6.92 Å². The molecule has 4 nitrogen and oxygen atoms in total. The Balaban J connectivity index is 3.50. The minimum Gasteiger partial charge on any atom is -0.465 e. The quantitative estimate of drug-likeness (QED) is 0.571. The molecule has 0 saturated heterocycles. The second-order valence-electron chi connectivity index (χ2n) is 3.17. The van der Waals surface area contributed by atoms with Crippen molar-refractivity contribution in [3.05, 3.63) is 34.4 Å². The standard InChI is InChI=1S/C12H11NO3/c1-3-9-4-8(6-13)5-10(11(9)7-14)12(15)16-2/h4-5,7H,3H2,1-2H3. The Morgan fingerprint density at radius 3 is 2.69 bits per heavy atom. The van der Waals surface area contributed by atoms with Crippen molar-refractivity contribution in [3.63, 3.8) is 0 Å². The first-order chi connectivity index (χ1) is 7.67. The van der Waals surface area contributed by atoms with E-state index >= 15 is 0 Å². The Labute approximate surface area is 93.5 Å². The summed E-state index contributed by atoms with van der Waals surface area (Å²) in [6.07, 6.45) is 1.19. The van der Waals surface area contributed by atoms with E-state index in [2.05, 4.69) is 4.74 Å². The third kappa shape index (κ3) is 2.09. The van der Waals surface area contributed by atoms with Crippen LogP contribution in [0.25, 0.3) is 0 Å². The van der Waals surface area contributed by atoms with Gasteiger partial charge in [-0.2, -0.15) is 5.26 Å². The molecule has 0 aliphatic heterocycles. The van der Waals surface area contributed by atoms with E-state index in [1.54, 1.807) is 6.07 Å². The molecule has 0 bridgehead atoms. The van der Waals surface area contributed by atoms with Gasteiger partial charge >= 0.3 is 5.97 Å². The molecule has 0 fully saturated rings. The van der Waals surface area contributed by atoms with Crippen LogP contribution in [0.4, 0.5) is 0 Å². The van der Waals surface area contributed by atoms with Gasteiger partial charge in [0.25, 0.3) is 0 Å². The van der Waals surface area contributed by atoms with Gasteiger partial charge in [0.05, 0.1) is 24.3 Å². The first kappa shape index (κ1) is 11.9. The van der Waals surface area contributed by atoms with Crippen molar-refractivity contribution >= 4 is 12.3 Å². The molecular weight excluding hydrogens is 206 g/mol. The monoisotopic (exact) mass is 217 g/mol. The van der Waals surface area contributed by atoms with Gasteiger partial charge in [0.1, 0.15) is 0 Å². The second kappa shape index (κ2) is 5.08. The zero-order valence-corrected chi connectivity index (χ0v) is 9.11. The Morgan fingerprint density at radius 2 is 2.25 bits per heavy atom. The van der Waals surface area contributed by atoms with Crippen LogP contribution in [0.5, 0.6) is 0 Å². The lowest BCUT2D eigenvalue weighted by molar-refractivity contribution is 0.0598. The molecule has 0 atom stereocenters. The number of hydrogen-bond donors (Lipinski definition) is 0. The van der Waals surface area contributed by atoms with Crippen LogP contribution in [0.3, 0.4) is 0 Å². The first-order valence-electron chi connectivity index (χ1n) is 4.78. The summed E-state index contributed by atoms with van der Waals surface area (Å²) in [6.45, 7) is 1.85. The summed E-state index contributed by atoms with van der Waals surface area (Å²) in [5, 5.41) is 8.81. The Hall–Kier alpha value is -2.15. The fourth-order valence-electron chi connectivity index (χ4n) is 1.49. The lowest BCUT2D eigenvalue weighted by Gasteiger charge is -2.08. The number of hydrogen-bond acceptors (Lipinski definition) is 4. The van der Waals surface area contributed by atoms with Crippen molar-refractivity contribution in [2.45, 2.75) is 13.3 Å². The highest BCUT2D eigenvalue weighted by Gasteiger charge is 2.16. The number of ether oxygens (including phenoxy) is 1. The van der Waals surface area contributed by atoms with Crippen LogP contribution in [0.15, 0.2) is 12.1 Å². The van der Waals surface area contributed by atoms with Crippen molar-refractivity contribution in [2.24, 2.45) is 0 Å². The summed E-state index contributed by atoms with van der Waals surface area (Å²) in [6, 6.07) is 4.93. The maximum atomic E-state index is 11.4. The van der Waals surface area contributed by atoms with Crippen LogP contribution >= 0.6 is 0 Å². The zero-order valence-electron chi connectivity index (χ0n) is 9.11. The predicted molar refractivity (Wildman–Crippen MR) is 57.3 cm³/mol. The van der Waals surface area contributed by atoms with E-state index in [9.17, 15) is 9.59 Å². The normalized spacial score (nSPS) is 9.31. The maximum absolute atomic E-state index is 11.4. The number of rotatable bonds is 3. The van der Waals surface area contributed by atoms with Crippen LogP contribution in [-0.4, -0.2) is 19.4 Å². The molecule has 0 aliphatic rings. The van der Waals surface area contributed by atoms with Crippen LogP contribution < -0.4 is 0 Å². The van der Waals surface area contributed by atoms with E-state index in [4.69, 9.17) is 5.26 Å². The van der Waals surface area contributed by atoms with Gasteiger partial charge in [-0.15, -0.1) is 0 Å². The molecular formula is C12H11NO3. The molecule has 4 heteroatoms. The van der Waals surface area contributed by atoms with Crippen LogP contribution in [-0.2, 0) is 11.2 Å². The molecule has 1 rings (SSSR count). The lowest BCUT2D eigenvalue weighted by atomic mass is 9.97. The van der Waals surface area contributed by atoms with Crippen LogP contribution in [0, 0.1) is 11.3 Å². The predicted octanol–water partition coefficient (Wildman–Crippen LogP) is 1.72. The smallest absolute Gasteiger partial charge is 0.338 e. The summed E-state index contributed by atoms with van der Waals surface area (Å²) < 4.78 is 4.57. The Bertz CT molecular complexity index is 472. The number of nitrogens with zero attached hydrogens (tertiary/aromatic N) is 1. The average molecular weight is 217 g/mol. The Kier molecular flexibility index (Phi) is 3.78. The summed E-state index contributed by atoms with van der Waals surface area (Å²) in [7, 11) is 1.24. The number of methoxy groups -OCH3 is 1. The van der Waals surface area contributed by atoms with Crippen LogP contribution in [0.2, 0.25) is 0 Å². The number of benzene rings is 1. The van der Waals surface area contributed by atoms with Crippen molar-refractivity contribution in [2.75, 3.05) is 7.11 Å². The Morgan fingerprint density at radius 1 is 1.56 bits per heavy atom. The highest BCUT2D eigenvalue weighted by Crippen LogP contribution is 2.17. The van der Waals surface area contributed by atoms with Gasteiger partial charge in [-0.05, 0) is 24.1 Å². The van der Waals surface area contributed by atoms with E-state index in [-0.39, 0.29) is 5.56 Å². The molecule has 0 N–H and O–H groups in total. The van der Waals surface area contributed by atoms with Gasteiger partial charge in [0.15, 0.2) is 6.29 Å². The molecule has 0 heterocycles. The third-order valence-electron chi connectivity index (χ3n) is 2.30. The SMILES string of the molecule is CCc1cc(C#N)cc(C(=O)OC)c1C=O. The van der Waals surface area contributed by atoms with E-state index in [1.807, 2.05) is 13.0 Å². The molecule has 0 aromatic heterocycles. The van der Waals surface area contributed by atoms with Gasteiger partial charge in [-0.25, -0.2) is 4.79 Å². The summed E-state index contributed by atoms with van der Waals surface area (Å²) in [5.41, 5.74) is 1.47. The van der Waals surface area contributed by atoms with Crippen molar-refractivity contribution in [1.82, 2.24) is 0 Å². The van der Waals surface area contributed by atoms with E-state index < -0.39 is 5.97 Å². The molecule has 0 amide bonds. The molecule has 0 saturated carbocycles. The minimum atomic E-state index is -0.603. The highest BCUT2D eigenvalue weighted by atomic mass is 16.5. The number of nitriles is 1. The topological polar surface area (TPSA) is 67.2 Å². The second-order valence-corrected chi connectivity index (χ2v) is 3.17. The fourth-order valence-corrected chi connectivity index (χ4v) is 1.49. The van der Waals surface area contributed by atoms with Gasteiger partial charge in [0, 0.05) is 5.56 Å². The molecule has 82 valence electrons. The highest BCUT2D eigenvalue weighted by molar-refractivity contribution is 5.99. The molecule has 1 aromatic carbocycles. The third-order valence-corrected chi connectivity index (χ3v) is 2.30. The largest absolute Gasteiger partial charge is 0.465 e. The maximum Gasteiger partial charge on any atom is 0.338 e. The van der Waals surface area contributed by atoms with E-state index in [0.717, 1.165) is 0 Å². The summed E-state index contributed by atoms with van der Waals surface area (Å²) in [5.74, 6) is -0.603. The fraction of sp³-hybridized carbons (Fsp3) is 0.250. The van der Waals surface area contributed by atoms with Crippen molar-refractivity contribution < 1.29 is 14.3 Å². The molecule has 0 spiro atoms. The van der Waals surface area contributed by atoms with E-state index in [1.165, 1.54) is 13.2 Å². The lowest BCUT2D eigenvalue weighted by Crippen LogP contribution is -2.08. The number of carbonyl (C=O) groups excluding carboxylic acids is 2. The molecule has 0 aliphatic carbocycles. The molecule has 0 radical (unpaired) electrons. The van der Waals surface area contributed by atoms with Crippen molar-refractivity contribution in [3.8, 4) is 6.07 Å². The number of aryl methyl sites for hydroxylation is 1. The molecule has 0 unspecified atom stereocenters. The van der Waals surface area contributed by atoms with Crippen LogP contribution in [0.1, 0.15) is 38.8 Å². The number of esters is 1. The minimum absolute atomic E-state index is 0.147. The molecule has 1 aromatic rings. The summed E-state index contributed by atoms with van der Waals surface area (Å²) >= 11 is 0. The number of aldehydes is 1. The molecule has 16 heavy (non-hydrogen) atoms. The number of carbonyl (C=O) groups is 2. The summed E-state index contributed by atoms with van der Waals surface area (Å²) in [4.78, 5) is 22.4. The van der Waals surface area contributed by atoms with Gasteiger partial charge in [0.2, 0.25) is 0 Å². The first-order valence-corrected chi connectivity index (χ1v) is 4.78.